The summed E-state index contributed by atoms with van der Waals surface area (Å²) in [5, 5.41) is 3.95. The Hall–Kier alpha value is -3.08. The van der Waals surface area contributed by atoms with Crippen LogP contribution in [-0.4, -0.2) is 54.1 Å². The van der Waals surface area contributed by atoms with Crippen LogP contribution in [0.25, 0.3) is 11.4 Å². The molecule has 0 spiro atoms. The first-order chi connectivity index (χ1) is 16.6. The van der Waals surface area contributed by atoms with Crippen molar-refractivity contribution in [3.8, 4) is 11.4 Å². The number of carbonyl (C=O) groups excluding carboxylic acids is 1. The van der Waals surface area contributed by atoms with Crippen LogP contribution in [0.3, 0.4) is 0 Å². The zero-order chi connectivity index (χ0) is 25.2. The Morgan fingerprint density at radius 3 is 2.46 bits per heavy atom. The number of hydrogen-bond donors (Lipinski definition) is 0. The van der Waals surface area contributed by atoms with E-state index in [2.05, 4.69) is 24.0 Å². The van der Waals surface area contributed by atoms with Gasteiger partial charge in [0.1, 0.15) is 0 Å². The highest BCUT2D eigenvalue weighted by Crippen LogP contribution is 2.23. The number of nitrogens with zero attached hydrogens (tertiary/aromatic N) is 3. The molecular weight excluding hydrogens is 470 g/mol. The Labute approximate surface area is 205 Å². The quantitative estimate of drug-likeness (QED) is 0.448. The molecule has 0 bridgehead atoms. The summed E-state index contributed by atoms with van der Waals surface area (Å²) in [6.45, 7) is 8.16. The van der Waals surface area contributed by atoms with Gasteiger partial charge >= 0.3 is 5.97 Å². The maximum absolute atomic E-state index is 13.1. The number of carbonyl (C=O) groups is 1. The Bertz CT molecular complexity index is 1280. The zero-order valence-corrected chi connectivity index (χ0v) is 21.0. The van der Waals surface area contributed by atoms with Crippen LogP contribution in [0.1, 0.15) is 55.4 Å². The Morgan fingerprint density at radius 1 is 1.11 bits per heavy atom. The molecule has 0 aliphatic carbocycles. The van der Waals surface area contributed by atoms with Crippen molar-refractivity contribution >= 4 is 16.0 Å². The smallest absolute Gasteiger partial charge is 0.338 e. The van der Waals surface area contributed by atoms with Gasteiger partial charge in [0.15, 0.2) is 6.61 Å². The van der Waals surface area contributed by atoms with Crippen LogP contribution < -0.4 is 0 Å². The average Bonchev–Trinajstić information content (AvgIpc) is 3.31. The second-order valence-corrected chi connectivity index (χ2v) is 10.9. The number of sulfonamides is 1. The van der Waals surface area contributed by atoms with Crippen molar-refractivity contribution in [1.29, 1.82) is 0 Å². The van der Waals surface area contributed by atoms with Gasteiger partial charge in [-0.2, -0.15) is 9.29 Å². The summed E-state index contributed by atoms with van der Waals surface area (Å²) < 4.78 is 43.7. The molecule has 0 amide bonds. The highest BCUT2D eigenvalue weighted by molar-refractivity contribution is 7.89. The van der Waals surface area contributed by atoms with Gasteiger partial charge in [-0.1, -0.05) is 49.3 Å². The van der Waals surface area contributed by atoms with Crippen LogP contribution >= 0.6 is 0 Å². The first-order valence-corrected chi connectivity index (χ1v) is 12.9. The molecular formula is C25H29N3O6S. The molecule has 4 rings (SSSR count). The fraction of sp³-hybridized carbons (Fsp3) is 0.400. The summed E-state index contributed by atoms with van der Waals surface area (Å²) in [4.78, 5) is 16.9. The Morgan fingerprint density at radius 2 is 1.80 bits per heavy atom. The van der Waals surface area contributed by atoms with Crippen molar-refractivity contribution < 1.29 is 27.2 Å². The summed E-state index contributed by atoms with van der Waals surface area (Å²) in [6.07, 6.45) is -0.428. The molecule has 1 saturated heterocycles. The Balaban J connectivity index is 1.42. The second-order valence-electron chi connectivity index (χ2n) is 8.97. The van der Waals surface area contributed by atoms with Crippen molar-refractivity contribution in [2.75, 3.05) is 13.1 Å². The highest BCUT2D eigenvalue weighted by Gasteiger charge is 2.32. The maximum atomic E-state index is 13.1. The molecule has 1 fully saturated rings. The molecule has 186 valence electrons. The van der Waals surface area contributed by atoms with Gasteiger partial charge in [-0.3, -0.25) is 0 Å². The summed E-state index contributed by atoms with van der Waals surface area (Å²) in [6, 6.07) is 13.6. The van der Waals surface area contributed by atoms with E-state index in [-0.39, 0.29) is 48.3 Å². The predicted molar refractivity (Wildman–Crippen MR) is 128 cm³/mol. The van der Waals surface area contributed by atoms with E-state index in [1.54, 1.807) is 0 Å². The standard InChI is InChI=1S/C25H29N3O6S/c1-16(2)19-8-10-20(11-9-19)24-26-23(34-27-24)15-32-25(29)21-6-5-7-22(12-21)35(30,31)28-13-17(3)33-18(4)14-28/h5-12,16-18H,13-15H2,1-4H3. The van der Waals surface area contributed by atoms with Gasteiger partial charge in [0.25, 0.3) is 5.89 Å². The second kappa shape index (κ2) is 10.3. The van der Waals surface area contributed by atoms with Crippen molar-refractivity contribution in [3.05, 3.63) is 65.5 Å². The molecule has 9 nitrogen and oxygen atoms in total. The third-order valence-electron chi connectivity index (χ3n) is 5.72. The maximum Gasteiger partial charge on any atom is 0.338 e. The van der Waals surface area contributed by atoms with Crippen LogP contribution in [0.5, 0.6) is 0 Å². The minimum atomic E-state index is -3.78. The molecule has 2 heterocycles. The topological polar surface area (TPSA) is 112 Å². The molecule has 1 aliphatic heterocycles. The van der Waals surface area contributed by atoms with Crippen molar-refractivity contribution in [3.63, 3.8) is 0 Å². The lowest BCUT2D eigenvalue weighted by atomic mass is 10.0. The SMILES string of the molecule is CC1CN(S(=O)(=O)c2cccc(C(=O)OCc3nc(-c4ccc(C(C)C)cc4)no3)c2)CC(C)O1. The van der Waals surface area contributed by atoms with E-state index in [0.717, 1.165) is 5.56 Å². The van der Waals surface area contributed by atoms with Gasteiger partial charge in [0.05, 0.1) is 22.7 Å². The highest BCUT2D eigenvalue weighted by atomic mass is 32.2. The molecule has 2 unspecified atom stereocenters. The third kappa shape index (κ3) is 5.77. The average molecular weight is 500 g/mol. The number of aromatic nitrogens is 2. The summed E-state index contributed by atoms with van der Waals surface area (Å²) in [5.74, 6) is 0.264. The van der Waals surface area contributed by atoms with Crippen LogP contribution in [0.15, 0.2) is 57.9 Å². The molecule has 3 aromatic rings. The largest absolute Gasteiger partial charge is 0.452 e. The van der Waals surface area contributed by atoms with Crippen LogP contribution in [0.4, 0.5) is 0 Å². The lowest BCUT2D eigenvalue weighted by Gasteiger charge is -2.34. The van der Waals surface area contributed by atoms with Gasteiger partial charge in [0, 0.05) is 18.7 Å². The summed E-state index contributed by atoms with van der Waals surface area (Å²) in [7, 11) is -3.78. The van der Waals surface area contributed by atoms with Crippen molar-refractivity contribution in [2.45, 2.75) is 57.3 Å². The van der Waals surface area contributed by atoms with E-state index in [9.17, 15) is 13.2 Å². The lowest BCUT2D eigenvalue weighted by Crippen LogP contribution is -2.48. The number of hydrogen-bond acceptors (Lipinski definition) is 8. The van der Waals surface area contributed by atoms with E-state index in [4.69, 9.17) is 14.0 Å². The molecule has 35 heavy (non-hydrogen) atoms. The lowest BCUT2D eigenvalue weighted by molar-refractivity contribution is -0.0440. The fourth-order valence-electron chi connectivity index (χ4n) is 3.92. The van der Waals surface area contributed by atoms with Gasteiger partial charge in [0.2, 0.25) is 15.8 Å². The van der Waals surface area contributed by atoms with E-state index >= 15 is 0 Å². The molecule has 0 saturated carbocycles. The van der Waals surface area contributed by atoms with E-state index in [0.29, 0.717) is 11.7 Å². The number of rotatable bonds is 7. The van der Waals surface area contributed by atoms with Crippen molar-refractivity contribution in [1.82, 2.24) is 14.4 Å². The number of benzene rings is 2. The van der Waals surface area contributed by atoms with Crippen LogP contribution in [0, 0.1) is 0 Å². The van der Waals surface area contributed by atoms with E-state index in [1.807, 2.05) is 38.1 Å². The van der Waals surface area contributed by atoms with Gasteiger partial charge in [-0.15, -0.1) is 0 Å². The fourth-order valence-corrected chi connectivity index (χ4v) is 5.55. The molecule has 1 aliphatic rings. The molecule has 1 aromatic heterocycles. The van der Waals surface area contributed by atoms with Crippen LogP contribution in [-0.2, 0) is 26.1 Å². The molecule has 2 atom stereocenters. The minimum Gasteiger partial charge on any atom is -0.452 e. The first-order valence-electron chi connectivity index (χ1n) is 11.5. The summed E-state index contributed by atoms with van der Waals surface area (Å²) >= 11 is 0. The Kier molecular flexibility index (Phi) is 7.34. The molecule has 2 aromatic carbocycles. The van der Waals surface area contributed by atoms with Gasteiger partial charge < -0.3 is 14.0 Å². The molecule has 0 radical (unpaired) electrons. The zero-order valence-electron chi connectivity index (χ0n) is 20.2. The van der Waals surface area contributed by atoms with E-state index in [1.165, 1.54) is 34.1 Å². The third-order valence-corrected chi connectivity index (χ3v) is 7.55. The monoisotopic (exact) mass is 499 g/mol. The van der Waals surface area contributed by atoms with Gasteiger partial charge in [-0.05, 0) is 43.5 Å². The molecule has 10 heteroatoms. The normalized spacial score (nSPS) is 19.1. The van der Waals surface area contributed by atoms with Crippen LogP contribution in [0.2, 0.25) is 0 Å². The van der Waals surface area contributed by atoms with E-state index < -0.39 is 16.0 Å². The first kappa shape index (κ1) is 25.0. The number of esters is 1. The van der Waals surface area contributed by atoms with Gasteiger partial charge in [-0.25, -0.2) is 13.2 Å². The molecule has 0 N–H and O–H groups in total. The minimum absolute atomic E-state index is 0.0261. The summed E-state index contributed by atoms with van der Waals surface area (Å²) in [5.41, 5.74) is 2.11. The predicted octanol–water partition coefficient (Wildman–Crippen LogP) is 4.01. The van der Waals surface area contributed by atoms with Crippen molar-refractivity contribution in [2.24, 2.45) is 0 Å². The number of morpholine rings is 1. The number of ether oxygens (including phenoxy) is 2.